The fraction of sp³-hybridized carbons (Fsp3) is 0.438. The van der Waals surface area contributed by atoms with E-state index in [1.165, 1.54) is 12.8 Å². The van der Waals surface area contributed by atoms with E-state index < -0.39 is 0 Å². The average Bonchev–Trinajstić information content (AvgIpc) is 3.68. The SMILES string of the molecule is CC(C)c1cnn2c(NCc3ccccc3OC3CCCC3)nc(O[C@@H]3CCCNC3)nc12.NC(=O)c1ccccc1. The van der Waals surface area contributed by atoms with Crippen molar-refractivity contribution < 1.29 is 14.3 Å². The van der Waals surface area contributed by atoms with Crippen LogP contribution in [-0.2, 0) is 6.54 Å². The number of primary amides is 1. The van der Waals surface area contributed by atoms with Crippen molar-refractivity contribution >= 4 is 17.5 Å². The molecule has 0 spiro atoms. The molecule has 1 aliphatic heterocycles. The van der Waals surface area contributed by atoms with Gasteiger partial charge in [0.05, 0.1) is 12.3 Å². The normalized spacial score (nSPS) is 17.1. The molecule has 2 fully saturated rings. The Morgan fingerprint density at radius 2 is 1.74 bits per heavy atom. The number of nitrogens with two attached hydrogens (primary N) is 1. The molecule has 2 aromatic carbocycles. The highest BCUT2D eigenvalue weighted by Gasteiger charge is 2.21. The fourth-order valence-electron chi connectivity index (χ4n) is 5.25. The zero-order chi connectivity index (χ0) is 29.3. The van der Waals surface area contributed by atoms with E-state index in [1.807, 2.05) is 24.4 Å². The van der Waals surface area contributed by atoms with Gasteiger partial charge in [-0.1, -0.05) is 50.2 Å². The van der Waals surface area contributed by atoms with Gasteiger partial charge in [0.25, 0.3) is 0 Å². The monoisotopic (exact) mass is 571 g/mol. The molecule has 10 heteroatoms. The summed E-state index contributed by atoms with van der Waals surface area (Å²) in [4.78, 5) is 19.9. The molecule has 1 amide bonds. The minimum atomic E-state index is -0.379. The molecule has 4 aromatic rings. The summed E-state index contributed by atoms with van der Waals surface area (Å²) in [6.45, 7) is 6.73. The Morgan fingerprint density at radius 1 is 1.00 bits per heavy atom. The average molecular weight is 572 g/mol. The summed E-state index contributed by atoms with van der Waals surface area (Å²) in [5.41, 5.74) is 8.50. The summed E-state index contributed by atoms with van der Waals surface area (Å²) in [6.07, 6.45) is 9.16. The lowest BCUT2D eigenvalue weighted by Gasteiger charge is -2.23. The third-order valence-electron chi connectivity index (χ3n) is 7.58. The van der Waals surface area contributed by atoms with Crippen LogP contribution in [0.25, 0.3) is 5.65 Å². The summed E-state index contributed by atoms with van der Waals surface area (Å²) in [7, 11) is 0. The summed E-state index contributed by atoms with van der Waals surface area (Å²) < 4.78 is 14.3. The van der Waals surface area contributed by atoms with Crippen molar-refractivity contribution in [3.8, 4) is 11.8 Å². The third kappa shape index (κ3) is 7.55. The van der Waals surface area contributed by atoms with Crippen molar-refractivity contribution in [2.24, 2.45) is 5.73 Å². The smallest absolute Gasteiger partial charge is 0.322 e. The van der Waals surface area contributed by atoms with Crippen LogP contribution in [0.15, 0.2) is 60.8 Å². The largest absolute Gasteiger partial charge is 0.490 e. The minimum Gasteiger partial charge on any atom is -0.490 e. The van der Waals surface area contributed by atoms with E-state index in [4.69, 9.17) is 25.2 Å². The Hall–Kier alpha value is -4.18. The van der Waals surface area contributed by atoms with E-state index in [9.17, 15) is 4.79 Å². The molecule has 1 aliphatic carbocycles. The number of nitrogens with zero attached hydrogens (tertiary/aromatic N) is 4. The van der Waals surface area contributed by atoms with Gasteiger partial charge in [-0.25, -0.2) is 0 Å². The second kappa shape index (κ2) is 14.1. The van der Waals surface area contributed by atoms with Crippen LogP contribution in [0.3, 0.4) is 0 Å². The van der Waals surface area contributed by atoms with Crippen LogP contribution in [0.5, 0.6) is 11.8 Å². The quantitative estimate of drug-likeness (QED) is 0.253. The molecule has 0 bridgehead atoms. The first kappa shape index (κ1) is 29.3. The lowest BCUT2D eigenvalue weighted by molar-refractivity contribution is 0.1000. The first-order valence-electron chi connectivity index (χ1n) is 14.9. The van der Waals surface area contributed by atoms with Crippen LogP contribution >= 0.6 is 0 Å². The van der Waals surface area contributed by atoms with Gasteiger partial charge < -0.3 is 25.8 Å². The highest BCUT2D eigenvalue weighted by atomic mass is 16.5. The Kier molecular flexibility index (Phi) is 9.86. The number of carbonyl (C=O) groups excluding carboxylic acids is 1. The molecule has 42 heavy (non-hydrogen) atoms. The summed E-state index contributed by atoms with van der Waals surface area (Å²) in [5, 5.41) is 11.4. The highest BCUT2D eigenvalue weighted by Crippen LogP contribution is 2.28. The number of hydrogen-bond acceptors (Lipinski definition) is 8. The first-order valence-corrected chi connectivity index (χ1v) is 14.9. The first-order chi connectivity index (χ1) is 20.5. The van der Waals surface area contributed by atoms with E-state index in [-0.39, 0.29) is 12.0 Å². The second-order valence-corrected chi connectivity index (χ2v) is 11.1. The molecule has 1 atom stereocenters. The summed E-state index contributed by atoms with van der Waals surface area (Å²) in [5.74, 6) is 1.49. The van der Waals surface area contributed by atoms with Crippen molar-refractivity contribution in [1.29, 1.82) is 0 Å². The summed E-state index contributed by atoms with van der Waals surface area (Å²) in [6, 6.07) is 17.4. The maximum atomic E-state index is 10.4. The van der Waals surface area contributed by atoms with Gasteiger partial charge in [0, 0.05) is 29.8 Å². The maximum Gasteiger partial charge on any atom is 0.322 e. The van der Waals surface area contributed by atoms with E-state index in [0.717, 1.165) is 61.3 Å². The number of para-hydroxylation sites is 1. The fourth-order valence-corrected chi connectivity index (χ4v) is 5.25. The molecule has 2 aliphatic rings. The number of amides is 1. The topological polar surface area (TPSA) is 129 Å². The van der Waals surface area contributed by atoms with Crippen molar-refractivity contribution in [3.63, 3.8) is 0 Å². The van der Waals surface area contributed by atoms with Crippen molar-refractivity contribution in [1.82, 2.24) is 24.9 Å². The van der Waals surface area contributed by atoms with Gasteiger partial charge in [-0.2, -0.15) is 19.6 Å². The lowest BCUT2D eigenvalue weighted by Crippen LogP contribution is -2.37. The van der Waals surface area contributed by atoms with E-state index in [2.05, 4.69) is 41.7 Å². The molecule has 1 saturated carbocycles. The van der Waals surface area contributed by atoms with Crippen LogP contribution < -0.4 is 25.8 Å². The van der Waals surface area contributed by atoms with E-state index in [1.54, 1.807) is 28.8 Å². The zero-order valence-corrected chi connectivity index (χ0v) is 24.5. The number of anilines is 1. The molecule has 0 radical (unpaired) electrons. The second-order valence-electron chi connectivity index (χ2n) is 11.1. The molecule has 3 heterocycles. The van der Waals surface area contributed by atoms with Crippen molar-refractivity contribution in [2.75, 3.05) is 18.4 Å². The molecule has 10 nitrogen and oxygen atoms in total. The lowest BCUT2D eigenvalue weighted by atomic mass is 10.1. The number of rotatable bonds is 9. The van der Waals surface area contributed by atoms with Gasteiger partial charge in [0.1, 0.15) is 11.9 Å². The molecular weight excluding hydrogens is 530 g/mol. The predicted octanol–water partition coefficient (Wildman–Crippen LogP) is 5.10. The van der Waals surface area contributed by atoms with E-state index in [0.29, 0.717) is 36.1 Å². The molecule has 2 aromatic heterocycles. The van der Waals surface area contributed by atoms with Gasteiger partial charge in [0.15, 0.2) is 5.65 Å². The van der Waals surface area contributed by atoms with Crippen LogP contribution in [0.4, 0.5) is 5.95 Å². The Bertz CT molecular complexity index is 1450. The van der Waals surface area contributed by atoms with Crippen LogP contribution in [-0.4, -0.2) is 50.8 Å². The molecule has 6 rings (SSSR count). The molecule has 4 N–H and O–H groups in total. The molecule has 0 unspecified atom stereocenters. The number of benzene rings is 2. The number of carbonyl (C=O) groups is 1. The van der Waals surface area contributed by atoms with E-state index >= 15 is 0 Å². The number of hydrogen-bond donors (Lipinski definition) is 3. The minimum absolute atomic E-state index is 0.0833. The number of aromatic nitrogens is 4. The van der Waals surface area contributed by atoms with Crippen LogP contribution in [0, 0.1) is 0 Å². The van der Waals surface area contributed by atoms with Crippen LogP contribution in [0.1, 0.15) is 79.8 Å². The Morgan fingerprint density at radius 3 is 2.43 bits per heavy atom. The van der Waals surface area contributed by atoms with Crippen molar-refractivity contribution in [2.45, 2.75) is 77.0 Å². The number of ether oxygens (including phenoxy) is 2. The maximum absolute atomic E-state index is 10.4. The molecule has 1 saturated heterocycles. The van der Waals surface area contributed by atoms with Crippen LogP contribution in [0.2, 0.25) is 0 Å². The van der Waals surface area contributed by atoms with Gasteiger partial charge in [-0.3, -0.25) is 4.79 Å². The zero-order valence-electron chi connectivity index (χ0n) is 24.5. The van der Waals surface area contributed by atoms with Gasteiger partial charge in [0.2, 0.25) is 11.9 Å². The Balaban J connectivity index is 0.000000336. The number of piperidine rings is 1. The molecular formula is C32H41N7O3. The standard InChI is InChI=1S/C25H34N6O2.C7H7NO/c1-17(2)21-16-28-31-23(21)29-25(33-20-11-7-13-26-15-20)30-24(31)27-14-18-8-3-6-12-22(18)32-19-9-4-5-10-19;8-7(9)6-4-2-1-3-5-6/h3,6,8,12,16-17,19-20,26H,4-5,7,9-11,13-15H2,1-2H3,(H,27,29,30);1-5H,(H2,8,9)/t20-;/m1./s1. The summed E-state index contributed by atoms with van der Waals surface area (Å²) >= 11 is 0. The van der Waals surface area contributed by atoms with Gasteiger partial charge in [-0.05, 0) is 69.2 Å². The van der Waals surface area contributed by atoms with Gasteiger partial charge in [-0.15, -0.1) is 0 Å². The van der Waals surface area contributed by atoms with Gasteiger partial charge >= 0.3 is 6.01 Å². The number of nitrogens with one attached hydrogen (secondary N) is 2. The Labute approximate surface area is 247 Å². The predicted molar refractivity (Wildman–Crippen MR) is 163 cm³/mol. The number of fused-ring (bicyclic) bond motifs is 1. The molecule has 222 valence electrons. The third-order valence-corrected chi connectivity index (χ3v) is 7.58. The van der Waals surface area contributed by atoms with Crippen molar-refractivity contribution in [3.05, 3.63) is 77.5 Å². The highest BCUT2D eigenvalue weighted by molar-refractivity contribution is 5.92.